The Kier molecular flexibility index (Phi) is 3.98. The van der Waals surface area contributed by atoms with Crippen LogP contribution in [0.15, 0.2) is 54.7 Å². The molecule has 0 saturated heterocycles. The van der Waals surface area contributed by atoms with Crippen molar-refractivity contribution in [2.75, 3.05) is 5.32 Å². The zero-order chi connectivity index (χ0) is 16.4. The van der Waals surface area contributed by atoms with Gasteiger partial charge >= 0.3 is 0 Å². The molecule has 1 heterocycles. The summed E-state index contributed by atoms with van der Waals surface area (Å²) in [7, 11) is 1.90. The van der Waals surface area contributed by atoms with Crippen LogP contribution in [0.2, 0.25) is 0 Å². The van der Waals surface area contributed by atoms with Gasteiger partial charge in [-0.2, -0.15) is 0 Å². The van der Waals surface area contributed by atoms with E-state index in [1.165, 1.54) is 11.1 Å². The number of carbonyl (C=O) groups is 1. The summed E-state index contributed by atoms with van der Waals surface area (Å²) in [4.78, 5) is 16.6. The Bertz CT molecular complexity index is 850. The van der Waals surface area contributed by atoms with Crippen molar-refractivity contribution in [3.8, 4) is 11.3 Å². The van der Waals surface area contributed by atoms with Crippen molar-refractivity contribution < 1.29 is 4.79 Å². The van der Waals surface area contributed by atoms with Crippen LogP contribution in [0.4, 0.5) is 5.95 Å². The maximum atomic E-state index is 12.2. The van der Waals surface area contributed by atoms with Crippen molar-refractivity contribution in [1.29, 1.82) is 0 Å². The fraction of sp³-hybridized carbons (Fsp3) is 0.158. The summed E-state index contributed by atoms with van der Waals surface area (Å²) in [5.41, 5.74) is 5.16. The number of nitrogens with one attached hydrogen (secondary N) is 1. The van der Waals surface area contributed by atoms with E-state index in [2.05, 4.69) is 42.3 Å². The Morgan fingerprint density at radius 3 is 2.48 bits per heavy atom. The van der Waals surface area contributed by atoms with Gasteiger partial charge in [0.05, 0.1) is 11.9 Å². The molecule has 1 amide bonds. The standard InChI is InChI=1S/C19H19N3O/c1-13-9-10-16(11-14(13)2)17-12-20-19(22(17)3)21-18(23)15-7-5-4-6-8-15/h4-12H,1-3H3,(H,20,21,23). The summed E-state index contributed by atoms with van der Waals surface area (Å²) < 4.78 is 1.89. The van der Waals surface area contributed by atoms with Crippen molar-refractivity contribution in [3.05, 3.63) is 71.4 Å². The Morgan fingerprint density at radius 2 is 1.78 bits per heavy atom. The largest absolute Gasteiger partial charge is 0.313 e. The first kappa shape index (κ1) is 15.0. The molecule has 4 nitrogen and oxygen atoms in total. The minimum Gasteiger partial charge on any atom is -0.313 e. The van der Waals surface area contributed by atoms with E-state index < -0.39 is 0 Å². The van der Waals surface area contributed by atoms with Gasteiger partial charge in [0.25, 0.3) is 5.91 Å². The number of aryl methyl sites for hydroxylation is 2. The zero-order valence-corrected chi connectivity index (χ0v) is 13.5. The van der Waals surface area contributed by atoms with E-state index in [1.807, 2.05) is 29.8 Å². The number of benzene rings is 2. The Labute approximate surface area is 135 Å². The third kappa shape index (κ3) is 3.01. The van der Waals surface area contributed by atoms with Crippen LogP contribution >= 0.6 is 0 Å². The van der Waals surface area contributed by atoms with E-state index in [1.54, 1.807) is 18.3 Å². The number of hydrogen-bond acceptors (Lipinski definition) is 2. The van der Waals surface area contributed by atoms with Gasteiger partial charge in [0, 0.05) is 18.2 Å². The van der Waals surface area contributed by atoms with Crippen molar-refractivity contribution in [2.24, 2.45) is 7.05 Å². The lowest BCUT2D eigenvalue weighted by atomic mass is 10.0. The molecule has 116 valence electrons. The molecule has 1 aromatic heterocycles. The van der Waals surface area contributed by atoms with Gasteiger partial charge in [-0.1, -0.05) is 30.3 Å². The molecule has 0 saturated carbocycles. The number of nitrogens with zero attached hydrogens (tertiary/aromatic N) is 2. The van der Waals surface area contributed by atoms with Gasteiger partial charge in [0.15, 0.2) is 0 Å². The predicted octanol–water partition coefficient (Wildman–Crippen LogP) is 3.96. The highest BCUT2D eigenvalue weighted by Crippen LogP contribution is 2.24. The molecule has 1 N–H and O–H groups in total. The van der Waals surface area contributed by atoms with Gasteiger partial charge < -0.3 is 4.57 Å². The molecule has 3 rings (SSSR count). The van der Waals surface area contributed by atoms with Crippen molar-refractivity contribution in [2.45, 2.75) is 13.8 Å². The average Bonchev–Trinajstić information content (AvgIpc) is 2.92. The Balaban J connectivity index is 1.87. The molecular formula is C19H19N3O. The molecule has 3 aromatic rings. The summed E-state index contributed by atoms with van der Waals surface area (Å²) in [6.45, 7) is 4.18. The van der Waals surface area contributed by atoms with Crippen molar-refractivity contribution >= 4 is 11.9 Å². The van der Waals surface area contributed by atoms with E-state index in [4.69, 9.17) is 0 Å². The van der Waals surface area contributed by atoms with Crippen LogP contribution in [0.3, 0.4) is 0 Å². The molecule has 0 atom stereocenters. The lowest BCUT2D eigenvalue weighted by molar-refractivity contribution is 0.102. The molecule has 0 fully saturated rings. The van der Waals surface area contributed by atoms with Crippen LogP contribution in [-0.2, 0) is 7.05 Å². The van der Waals surface area contributed by atoms with Gasteiger partial charge in [-0.15, -0.1) is 0 Å². The van der Waals surface area contributed by atoms with Gasteiger partial charge in [0.1, 0.15) is 0 Å². The SMILES string of the molecule is Cc1ccc(-c2cnc(NC(=O)c3ccccc3)n2C)cc1C. The van der Waals surface area contributed by atoms with E-state index in [0.29, 0.717) is 11.5 Å². The summed E-state index contributed by atoms with van der Waals surface area (Å²) >= 11 is 0. The second kappa shape index (κ2) is 6.08. The maximum absolute atomic E-state index is 12.2. The normalized spacial score (nSPS) is 10.6. The van der Waals surface area contributed by atoms with Crippen LogP contribution in [0, 0.1) is 13.8 Å². The van der Waals surface area contributed by atoms with Crippen molar-refractivity contribution in [3.63, 3.8) is 0 Å². The number of aromatic nitrogens is 2. The van der Waals surface area contributed by atoms with Crippen LogP contribution in [0.1, 0.15) is 21.5 Å². The van der Waals surface area contributed by atoms with E-state index in [0.717, 1.165) is 11.3 Å². The highest BCUT2D eigenvalue weighted by atomic mass is 16.1. The average molecular weight is 305 g/mol. The quantitative estimate of drug-likeness (QED) is 0.796. The lowest BCUT2D eigenvalue weighted by Crippen LogP contribution is -2.15. The second-order valence-corrected chi connectivity index (χ2v) is 5.65. The molecule has 0 bridgehead atoms. The molecule has 0 spiro atoms. The number of amides is 1. The number of hydrogen-bond donors (Lipinski definition) is 1. The van der Waals surface area contributed by atoms with Crippen LogP contribution in [-0.4, -0.2) is 15.5 Å². The third-order valence-corrected chi connectivity index (χ3v) is 4.05. The van der Waals surface area contributed by atoms with E-state index in [-0.39, 0.29) is 5.91 Å². The summed E-state index contributed by atoms with van der Waals surface area (Å²) in [5, 5.41) is 2.86. The number of carbonyl (C=O) groups excluding carboxylic acids is 1. The Morgan fingerprint density at radius 1 is 1.04 bits per heavy atom. The van der Waals surface area contributed by atoms with Gasteiger partial charge in [0.2, 0.25) is 5.95 Å². The monoisotopic (exact) mass is 305 g/mol. The van der Waals surface area contributed by atoms with Crippen LogP contribution < -0.4 is 5.32 Å². The molecule has 0 radical (unpaired) electrons. The fourth-order valence-electron chi connectivity index (χ4n) is 2.46. The first-order valence-corrected chi connectivity index (χ1v) is 7.52. The van der Waals surface area contributed by atoms with Crippen LogP contribution in [0.5, 0.6) is 0 Å². The van der Waals surface area contributed by atoms with Gasteiger partial charge in [-0.3, -0.25) is 10.1 Å². The number of imidazole rings is 1. The number of anilines is 1. The highest BCUT2D eigenvalue weighted by molar-refractivity contribution is 6.03. The summed E-state index contributed by atoms with van der Waals surface area (Å²) in [5.74, 6) is 0.373. The van der Waals surface area contributed by atoms with E-state index in [9.17, 15) is 4.79 Å². The predicted molar refractivity (Wildman–Crippen MR) is 92.5 cm³/mol. The topological polar surface area (TPSA) is 46.9 Å². The summed E-state index contributed by atoms with van der Waals surface area (Å²) in [6.07, 6.45) is 1.78. The van der Waals surface area contributed by atoms with Gasteiger partial charge in [-0.05, 0) is 43.2 Å². The highest BCUT2D eigenvalue weighted by Gasteiger charge is 2.12. The molecule has 0 aliphatic rings. The number of rotatable bonds is 3. The fourth-order valence-corrected chi connectivity index (χ4v) is 2.46. The zero-order valence-electron chi connectivity index (χ0n) is 13.5. The molecule has 2 aromatic carbocycles. The van der Waals surface area contributed by atoms with Crippen molar-refractivity contribution in [1.82, 2.24) is 9.55 Å². The Hall–Kier alpha value is -2.88. The smallest absolute Gasteiger partial charge is 0.257 e. The summed E-state index contributed by atoms with van der Waals surface area (Å²) in [6, 6.07) is 15.4. The van der Waals surface area contributed by atoms with E-state index >= 15 is 0 Å². The molecular weight excluding hydrogens is 286 g/mol. The minimum absolute atomic E-state index is 0.161. The first-order chi connectivity index (χ1) is 11.1. The van der Waals surface area contributed by atoms with Gasteiger partial charge in [-0.25, -0.2) is 4.98 Å². The molecule has 0 aliphatic carbocycles. The molecule has 4 heteroatoms. The lowest BCUT2D eigenvalue weighted by Gasteiger charge is -2.09. The second-order valence-electron chi connectivity index (χ2n) is 5.65. The maximum Gasteiger partial charge on any atom is 0.257 e. The minimum atomic E-state index is -0.161. The molecule has 0 aliphatic heterocycles. The van der Waals surface area contributed by atoms with Crippen LogP contribution in [0.25, 0.3) is 11.3 Å². The third-order valence-electron chi connectivity index (χ3n) is 4.05. The molecule has 0 unspecified atom stereocenters. The molecule has 23 heavy (non-hydrogen) atoms. The first-order valence-electron chi connectivity index (χ1n) is 7.52.